The van der Waals surface area contributed by atoms with Crippen molar-refractivity contribution >= 4 is 28.7 Å². The van der Waals surface area contributed by atoms with Gasteiger partial charge in [-0.3, -0.25) is 4.79 Å². The third-order valence-corrected chi connectivity index (χ3v) is 6.07. The molecule has 0 saturated heterocycles. The number of hydrogen-bond acceptors (Lipinski definition) is 4. The summed E-state index contributed by atoms with van der Waals surface area (Å²) < 4.78 is 20.3. The Morgan fingerprint density at radius 1 is 1.10 bits per heavy atom. The summed E-state index contributed by atoms with van der Waals surface area (Å²) in [5.41, 5.74) is 4.28. The van der Waals surface area contributed by atoms with E-state index in [1.54, 1.807) is 37.1 Å². The summed E-state index contributed by atoms with van der Waals surface area (Å²) in [7, 11) is 3.55. The molecule has 4 rings (SSSR count). The van der Waals surface area contributed by atoms with Crippen molar-refractivity contribution in [1.29, 1.82) is 0 Å². The predicted molar refractivity (Wildman–Crippen MR) is 121 cm³/mol. The van der Waals surface area contributed by atoms with Crippen molar-refractivity contribution in [2.24, 2.45) is 7.05 Å². The first-order chi connectivity index (χ1) is 15.0. The first-order valence-electron chi connectivity index (χ1n) is 9.78. The predicted octanol–water partition coefficient (Wildman–Crippen LogP) is 4.94. The highest BCUT2D eigenvalue weighted by atomic mass is 32.2. The lowest BCUT2D eigenvalue weighted by molar-refractivity contribution is 0.0951. The van der Waals surface area contributed by atoms with Gasteiger partial charge in [0.25, 0.3) is 5.91 Å². The zero-order chi connectivity index (χ0) is 21.8. The zero-order valence-corrected chi connectivity index (χ0v) is 18.1. The van der Waals surface area contributed by atoms with Crippen LogP contribution in [0.25, 0.3) is 11.0 Å². The van der Waals surface area contributed by atoms with E-state index in [1.165, 1.54) is 12.1 Å². The normalized spacial score (nSPS) is 10.9. The summed E-state index contributed by atoms with van der Waals surface area (Å²) in [6.07, 6.45) is 0. The van der Waals surface area contributed by atoms with Crippen molar-refractivity contribution in [2.75, 3.05) is 7.11 Å². The van der Waals surface area contributed by atoms with Crippen LogP contribution in [-0.4, -0.2) is 22.6 Å². The Morgan fingerprint density at radius 3 is 2.68 bits per heavy atom. The number of methoxy groups -OCH3 is 1. The number of fused-ring (bicyclic) bond motifs is 1. The molecule has 0 aliphatic heterocycles. The molecule has 0 fully saturated rings. The number of nitrogens with zero attached hydrogens (tertiary/aromatic N) is 2. The smallest absolute Gasteiger partial charge is 0.251 e. The van der Waals surface area contributed by atoms with Gasteiger partial charge >= 0.3 is 0 Å². The number of benzene rings is 3. The van der Waals surface area contributed by atoms with Crippen LogP contribution in [0.2, 0.25) is 0 Å². The number of aromatic nitrogens is 2. The number of rotatable bonds is 7. The van der Waals surface area contributed by atoms with E-state index in [-0.39, 0.29) is 11.7 Å². The van der Waals surface area contributed by atoms with Crippen LogP contribution in [0.3, 0.4) is 0 Å². The summed E-state index contributed by atoms with van der Waals surface area (Å²) in [4.78, 5) is 17.3. The topological polar surface area (TPSA) is 56.1 Å². The van der Waals surface area contributed by atoms with Crippen molar-refractivity contribution in [1.82, 2.24) is 14.9 Å². The monoisotopic (exact) mass is 435 g/mol. The number of nitrogens with one attached hydrogen (secondary N) is 1. The van der Waals surface area contributed by atoms with Crippen LogP contribution >= 0.6 is 11.8 Å². The number of carbonyl (C=O) groups excluding carboxylic acids is 1. The minimum atomic E-state index is -0.242. The van der Waals surface area contributed by atoms with E-state index in [1.807, 2.05) is 48.0 Å². The second-order valence-corrected chi connectivity index (χ2v) is 8.05. The summed E-state index contributed by atoms with van der Waals surface area (Å²) in [6.45, 7) is 0.415. The van der Waals surface area contributed by atoms with Gasteiger partial charge in [-0.25, -0.2) is 9.37 Å². The number of amides is 1. The minimum absolute atomic E-state index is 0.147. The number of aryl methyl sites for hydroxylation is 1. The minimum Gasteiger partial charge on any atom is -0.497 e. The fourth-order valence-electron chi connectivity index (χ4n) is 3.23. The zero-order valence-electron chi connectivity index (χ0n) is 17.3. The molecule has 0 saturated carbocycles. The molecular formula is C24H22FN3O2S. The first-order valence-corrected chi connectivity index (χ1v) is 10.8. The van der Waals surface area contributed by atoms with Gasteiger partial charge < -0.3 is 14.6 Å². The number of imidazole rings is 1. The SMILES string of the molecule is COc1cccc(CNC(=O)c2ccc3nc(SCc4ccc(F)cc4)n(C)c3c2)c1. The fraction of sp³-hybridized carbons (Fsp3) is 0.167. The first kappa shape index (κ1) is 20.9. The molecule has 0 radical (unpaired) electrons. The number of halogens is 1. The average Bonchev–Trinajstić information content (AvgIpc) is 3.12. The molecule has 0 unspecified atom stereocenters. The van der Waals surface area contributed by atoms with E-state index in [0.717, 1.165) is 33.1 Å². The number of thioether (sulfide) groups is 1. The lowest BCUT2D eigenvalue weighted by Crippen LogP contribution is -2.22. The lowest BCUT2D eigenvalue weighted by Gasteiger charge is -2.07. The van der Waals surface area contributed by atoms with E-state index in [9.17, 15) is 9.18 Å². The van der Waals surface area contributed by atoms with Crippen molar-refractivity contribution < 1.29 is 13.9 Å². The quantitative estimate of drug-likeness (QED) is 0.418. The van der Waals surface area contributed by atoms with Crippen molar-refractivity contribution in [3.8, 4) is 5.75 Å². The molecule has 1 heterocycles. The average molecular weight is 436 g/mol. The Balaban J connectivity index is 1.46. The van der Waals surface area contributed by atoms with E-state index in [4.69, 9.17) is 4.74 Å². The maximum Gasteiger partial charge on any atom is 0.251 e. The van der Waals surface area contributed by atoms with Crippen LogP contribution < -0.4 is 10.1 Å². The standard InChI is InChI=1S/C24H22FN3O2S/c1-28-22-13-18(23(29)26-14-17-4-3-5-20(12-17)30-2)8-11-21(22)27-24(28)31-15-16-6-9-19(25)10-7-16/h3-13H,14-15H2,1-2H3,(H,26,29). The molecule has 1 aromatic heterocycles. The Morgan fingerprint density at radius 2 is 1.90 bits per heavy atom. The van der Waals surface area contributed by atoms with Gasteiger partial charge in [0, 0.05) is 24.9 Å². The number of ether oxygens (including phenoxy) is 1. The summed E-state index contributed by atoms with van der Waals surface area (Å²) in [5, 5.41) is 3.79. The Bertz CT molecular complexity index is 1220. The lowest BCUT2D eigenvalue weighted by atomic mass is 10.1. The molecule has 31 heavy (non-hydrogen) atoms. The molecule has 158 valence electrons. The Labute approximate surface area is 184 Å². The van der Waals surface area contributed by atoms with Gasteiger partial charge in [-0.1, -0.05) is 36.0 Å². The van der Waals surface area contributed by atoms with Gasteiger partial charge in [0.15, 0.2) is 5.16 Å². The highest BCUT2D eigenvalue weighted by molar-refractivity contribution is 7.98. The van der Waals surface area contributed by atoms with Crippen LogP contribution in [0, 0.1) is 5.82 Å². The Kier molecular flexibility index (Phi) is 6.23. The second kappa shape index (κ2) is 9.22. The Hall–Kier alpha value is -3.32. The van der Waals surface area contributed by atoms with Gasteiger partial charge in [0.2, 0.25) is 0 Å². The van der Waals surface area contributed by atoms with Gasteiger partial charge in [-0.15, -0.1) is 0 Å². The number of hydrogen-bond donors (Lipinski definition) is 1. The third kappa shape index (κ3) is 4.88. The second-order valence-electron chi connectivity index (χ2n) is 7.11. The van der Waals surface area contributed by atoms with Crippen LogP contribution in [0.4, 0.5) is 4.39 Å². The molecule has 1 N–H and O–H groups in total. The maximum absolute atomic E-state index is 13.1. The maximum atomic E-state index is 13.1. The van der Waals surface area contributed by atoms with E-state index in [0.29, 0.717) is 17.9 Å². The fourth-order valence-corrected chi connectivity index (χ4v) is 4.18. The van der Waals surface area contributed by atoms with E-state index < -0.39 is 0 Å². The van der Waals surface area contributed by atoms with Gasteiger partial charge in [-0.2, -0.15) is 0 Å². The number of carbonyl (C=O) groups is 1. The molecule has 0 aliphatic rings. The van der Waals surface area contributed by atoms with Gasteiger partial charge in [-0.05, 0) is 53.6 Å². The molecule has 5 nitrogen and oxygen atoms in total. The highest BCUT2D eigenvalue weighted by Crippen LogP contribution is 2.26. The third-order valence-electron chi connectivity index (χ3n) is 4.97. The molecule has 0 aliphatic carbocycles. The summed E-state index contributed by atoms with van der Waals surface area (Å²) in [5.74, 6) is 1.06. The molecule has 0 spiro atoms. The highest BCUT2D eigenvalue weighted by Gasteiger charge is 2.12. The van der Waals surface area contributed by atoms with Crippen LogP contribution in [0.15, 0.2) is 71.9 Å². The van der Waals surface area contributed by atoms with Crippen molar-refractivity contribution in [3.05, 3.63) is 89.2 Å². The molecule has 0 bridgehead atoms. The van der Waals surface area contributed by atoms with E-state index in [2.05, 4.69) is 10.3 Å². The summed E-state index contributed by atoms with van der Waals surface area (Å²) >= 11 is 1.57. The van der Waals surface area contributed by atoms with Crippen LogP contribution in [0.5, 0.6) is 5.75 Å². The van der Waals surface area contributed by atoms with Gasteiger partial charge in [0.1, 0.15) is 11.6 Å². The molecule has 3 aromatic carbocycles. The van der Waals surface area contributed by atoms with Crippen LogP contribution in [0.1, 0.15) is 21.5 Å². The van der Waals surface area contributed by atoms with E-state index >= 15 is 0 Å². The van der Waals surface area contributed by atoms with Crippen molar-refractivity contribution in [2.45, 2.75) is 17.5 Å². The largest absolute Gasteiger partial charge is 0.497 e. The molecule has 0 atom stereocenters. The molecule has 1 amide bonds. The van der Waals surface area contributed by atoms with Gasteiger partial charge in [0.05, 0.1) is 18.1 Å². The molecule has 7 heteroatoms. The summed E-state index contributed by atoms with van der Waals surface area (Å²) in [6, 6.07) is 19.6. The van der Waals surface area contributed by atoms with Crippen LogP contribution in [-0.2, 0) is 19.3 Å². The van der Waals surface area contributed by atoms with Crippen molar-refractivity contribution in [3.63, 3.8) is 0 Å². The molecule has 4 aromatic rings. The molecular weight excluding hydrogens is 413 g/mol.